The first-order chi connectivity index (χ1) is 5.81. The van der Waals surface area contributed by atoms with Gasteiger partial charge in [-0.25, -0.2) is 9.97 Å². The van der Waals surface area contributed by atoms with Crippen LogP contribution in [0.5, 0.6) is 5.88 Å². The topological polar surface area (TPSA) is 63.7 Å². The summed E-state index contributed by atoms with van der Waals surface area (Å²) in [6.07, 6.45) is 1.57. The highest BCUT2D eigenvalue weighted by molar-refractivity contribution is 5.75. The molecule has 0 unspecified atom stereocenters. The Hall–Kier alpha value is -1.65. The fourth-order valence-electron chi connectivity index (χ4n) is 1.06. The largest absolute Gasteiger partial charge is 0.479 e. The first-order valence-electron chi connectivity index (χ1n) is 3.53. The van der Waals surface area contributed by atoms with Gasteiger partial charge < -0.3 is 9.72 Å². The molecule has 0 radical (unpaired) electrons. The molecule has 0 bridgehead atoms. The van der Waals surface area contributed by atoms with Gasteiger partial charge in [-0.1, -0.05) is 0 Å². The van der Waals surface area contributed by atoms with Gasteiger partial charge in [-0.15, -0.1) is 0 Å². The normalized spacial score (nSPS) is 10.5. The Balaban J connectivity index is 2.80. The Labute approximate surface area is 68.8 Å². The van der Waals surface area contributed by atoms with Crippen molar-refractivity contribution in [2.45, 2.75) is 6.92 Å². The number of aryl methyl sites for hydroxylation is 1. The van der Waals surface area contributed by atoms with Gasteiger partial charge in [0.15, 0.2) is 5.65 Å². The van der Waals surface area contributed by atoms with Crippen molar-refractivity contribution in [3.63, 3.8) is 0 Å². The summed E-state index contributed by atoms with van der Waals surface area (Å²) in [7, 11) is 1.57. The number of aromatic nitrogens is 4. The van der Waals surface area contributed by atoms with E-state index in [-0.39, 0.29) is 0 Å². The minimum atomic E-state index is 0.537. The molecule has 62 valence electrons. The number of nitrogens with zero attached hydrogens (tertiary/aromatic N) is 3. The first kappa shape index (κ1) is 7.02. The van der Waals surface area contributed by atoms with Gasteiger partial charge in [0.1, 0.15) is 11.3 Å². The van der Waals surface area contributed by atoms with E-state index in [1.54, 1.807) is 20.4 Å². The summed E-state index contributed by atoms with van der Waals surface area (Å²) < 4.78 is 5.04. The predicted molar refractivity (Wildman–Crippen MR) is 43.0 cm³/mol. The van der Waals surface area contributed by atoms with Gasteiger partial charge in [-0.3, -0.25) is 0 Å². The molecule has 2 aromatic heterocycles. The van der Waals surface area contributed by atoms with Gasteiger partial charge in [-0.2, -0.15) is 4.98 Å². The van der Waals surface area contributed by atoms with Crippen LogP contribution < -0.4 is 4.74 Å². The molecule has 12 heavy (non-hydrogen) atoms. The van der Waals surface area contributed by atoms with E-state index in [2.05, 4.69) is 19.9 Å². The van der Waals surface area contributed by atoms with E-state index < -0.39 is 0 Å². The molecule has 0 saturated heterocycles. The van der Waals surface area contributed by atoms with Crippen molar-refractivity contribution in [2.24, 2.45) is 0 Å². The number of H-pyrrole nitrogens is 1. The lowest BCUT2D eigenvalue weighted by molar-refractivity contribution is 0.400. The predicted octanol–water partition coefficient (Wildman–Crippen LogP) is 0.670. The van der Waals surface area contributed by atoms with E-state index in [9.17, 15) is 0 Å². The molecule has 0 spiro atoms. The van der Waals surface area contributed by atoms with E-state index in [4.69, 9.17) is 4.74 Å². The third kappa shape index (κ3) is 0.903. The lowest BCUT2D eigenvalue weighted by atomic mass is 10.5. The molecule has 0 amide bonds. The number of aromatic amines is 1. The zero-order chi connectivity index (χ0) is 8.55. The standard InChI is InChI=1S/C7H8N4O/c1-4-10-6-5(8-3-9-6)7(11-4)12-2/h3H,1-2H3,(H,8,9,10,11). The minimum Gasteiger partial charge on any atom is -0.479 e. The summed E-state index contributed by atoms with van der Waals surface area (Å²) in [5.41, 5.74) is 1.38. The van der Waals surface area contributed by atoms with Crippen molar-refractivity contribution in [1.29, 1.82) is 0 Å². The van der Waals surface area contributed by atoms with Crippen LogP contribution in [0.2, 0.25) is 0 Å². The molecule has 2 aromatic rings. The molecule has 0 aliphatic carbocycles. The molecular weight excluding hydrogens is 156 g/mol. The van der Waals surface area contributed by atoms with Crippen LogP contribution in [0.1, 0.15) is 5.82 Å². The summed E-state index contributed by atoms with van der Waals surface area (Å²) in [4.78, 5) is 15.1. The van der Waals surface area contributed by atoms with E-state index >= 15 is 0 Å². The molecule has 0 fully saturated rings. The molecule has 5 heteroatoms. The number of hydrogen-bond acceptors (Lipinski definition) is 4. The summed E-state index contributed by atoms with van der Waals surface area (Å²) >= 11 is 0. The van der Waals surface area contributed by atoms with Gasteiger partial charge in [0.05, 0.1) is 13.4 Å². The Kier molecular flexibility index (Phi) is 1.43. The van der Waals surface area contributed by atoms with Crippen molar-refractivity contribution < 1.29 is 4.74 Å². The summed E-state index contributed by atoms with van der Waals surface area (Å²) in [5.74, 6) is 1.20. The first-order valence-corrected chi connectivity index (χ1v) is 3.53. The lowest BCUT2D eigenvalue weighted by Crippen LogP contribution is -1.94. The zero-order valence-corrected chi connectivity index (χ0v) is 6.83. The fourth-order valence-corrected chi connectivity index (χ4v) is 1.06. The summed E-state index contributed by atoms with van der Waals surface area (Å²) in [6.45, 7) is 1.80. The molecule has 0 saturated carbocycles. The maximum Gasteiger partial charge on any atom is 0.243 e. The Bertz CT molecular complexity index is 409. The summed E-state index contributed by atoms with van der Waals surface area (Å²) in [6, 6.07) is 0. The molecule has 5 nitrogen and oxygen atoms in total. The molecule has 2 rings (SSSR count). The third-order valence-corrected chi connectivity index (χ3v) is 1.56. The highest BCUT2D eigenvalue weighted by Gasteiger charge is 2.06. The average molecular weight is 164 g/mol. The van der Waals surface area contributed by atoms with Gasteiger partial charge in [0.2, 0.25) is 5.88 Å². The van der Waals surface area contributed by atoms with Crippen LogP contribution in [-0.2, 0) is 0 Å². The van der Waals surface area contributed by atoms with Gasteiger partial charge in [0.25, 0.3) is 0 Å². The van der Waals surface area contributed by atoms with Gasteiger partial charge in [-0.05, 0) is 6.92 Å². The average Bonchev–Trinajstić information content (AvgIpc) is 2.50. The van der Waals surface area contributed by atoms with E-state index in [0.29, 0.717) is 17.4 Å². The second kappa shape index (κ2) is 2.44. The molecule has 1 N–H and O–H groups in total. The summed E-state index contributed by atoms with van der Waals surface area (Å²) in [5, 5.41) is 0. The number of methoxy groups -OCH3 is 1. The number of ether oxygens (including phenoxy) is 1. The van der Waals surface area contributed by atoms with E-state index in [1.165, 1.54) is 0 Å². The Morgan fingerprint density at radius 2 is 2.25 bits per heavy atom. The molecule has 2 heterocycles. The SMILES string of the molecule is COc1nc(C)nc2nc[nH]c12. The second-order valence-corrected chi connectivity index (χ2v) is 2.38. The van der Waals surface area contributed by atoms with Crippen LogP contribution in [0, 0.1) is 6.92 Å². The highest BCUT2D eigenvalue weighted by atomic mass is 16.5. The highest BCUT2D eigenvalue weighted by Crippen LogP contribution is 2.17. The second-order valence-electron chi connectivity index (χ2n) is 2.38. The van der Waals surface area contributed by atoms with Crippen molar-refractivity contribution in [2.75, 3.05) is 7.11 Å². The van der Waals surface area contributed by atoms with Crippen LogP contribution >= 0.6 is 0 Å². The van der Waals surface area contributed by atoms with Crippen molar-refractivity contribution in [3.8, 4) is 5.88 Å². The lowest BCUT2D eigenvalue weighted by Gasteiger charge is -1.99. The van der Waals surface area contributed by atoms with Crippen LogP contribution in [0.4, 0.5) is 0 Å². The number of imidazole rings is 1. The van der Waals surface area contributed by atoms with Crippen LogP contribution in [0.15, 0.2) is 6.33 Å². The molecule has 0 aliphatic heterocycles. The quantitative estimate of drug-likeness (QED) is 0.672. The van der Waals surface area contributed by atoms with Crippen molar-refractivity contribution >= 4 is 11.2 Å². The maximum absolute atomic E-state index is 5.04. The molecular formula is C7H8N4O. The minimum absolute atomic E-state index is 0.537. The maximum atomic E-state index is 5.04. The number of nitrogens with one attached hydrogen (secondary N) is 1. The zero-order valence-electron chi connectivity index (χ0n) is 6.83. The Morgan fingerprint density at radius 1 is 1.42 bits per heavy atom. The third-order valence-electron chi connectivity index (χ3n) is 1.56. The van der Waals surface area contributed by atoms with Crippen LogP contribution in [-0.4, -0.2) is 27.0 Å². The monoisotopic (exact) mass is 164 g/mol. The molecule has 0 aliphatic rings. The molecule has 0 atom stereocenters. The van der Waals surface area contributed by atoms with E-state index in [1.807, 2.05) is 0 Å². The van der Waals surface area contributed by atoms with Crippen molar-refractivity contribution in [1.82, 2.24) is 19.9 Å². The number of fused-ring (bicyclic) bond motifs is 1. The number of hydrogen-bond donors (Lipinski definition) is 1. The number of rotatable bonds is 1. The Morgan fingerprint density at radius 3 is 3.00 bits per heavy atom. The smallest absolute Gasteiger partial charge is 0.243 e. The van der Waals surface area contributed by atoms with Crippen LogP contribution in [0.25, 0.3) is 11.2 Å². The van der Waals surface area contributed by atoms with Gasteiger partial charge in [0, 0.05) is 0 Å². The molecule has 0 aromatic carbocycles. The fraction of sp³-hybridized carbons (Fsp3) is 0.286. The van der Waals surface area contributed by atoms with Gasteiger partial charge >= 0.3 is 0 Å². The van der Waals surface area contributed by atoms with Crippen LogP contribution in [0.3, 0.4) is 0 Å². The van der Waals surface area contributed by atoms with E-state index in [0.717, 1.165) is 5.52 Å². The van der Waals surface area contributed by atoms with Crippen molar-refractivity contribution in [3.05, 3.63) is 12.2 Å².